The van der Waals surface area contributed by atoms with E-state index in [0.717, 1.165) is 17.0 Å². The summed E-state index contributed by atoms with van der Waals surface area (Å²) in [4.78, 5) is 7.18. The van der Waals surface area contributed by atoms with Crippen molar-refractivity contribution in [1.82, 2.24) is 15.3 Å². The van der Waals surface area contributed by atoms with Crippen molar-refractivity contribution in [1.29, 1.82) is 0 Å². The second-order valence-electron chi connectivity index (χ2n) is 7.49. The third kappa shape index (κ3) is 4.54. The number of H-pyrrole nitrogens is 1. The highest BCUT2D eigenvalue weighted by molar-refractivity contribution is 5.79. The van der Waals surface area contributed by atoms with E-state index in [1.54, 1.807) is 18.5 Å². The van der Waals surface area contributed by atoms with Gasteiger partial charge in [-0.15, -0.1) is 0 Å². The lowest BCUT2D eigenvalue weighted by molar-refractivity contribution is -0.0458. The van der Waals surface area contributed by atoms with Crippen molar-refractivity contribution in [3.8, 4) is 5.75 Å². The Balaban J connectivity index is 1.82. The molecule has 0 spiro atoms. The van der Waals surface area contributed by atoms with Gasteiger partial charge in [0.1, 0.15) is 24.0 Å². The second-order valence-corrected chi connectivity index (χ2v) is 7.49. The zero-order valence-electron chi connectivity index (χ0n) is 16.3. The molecule has 3 N–H and O–H groups in total. The minimum atomic E-state index is -2.02. The molecule has 0 amide bonds. The number of halogens is 3. The second kappa shape index (κ2) is 8.42. The van der Waals surface area contributed by atoms with Crippen molar-refractivity contribution >= 4 is 10.9 Å². The highest BCUT2D eigenvalue weighted by atomic mass is 19.1. The first-order valence-electron chi connectivity index (χ1n) is 9.17. The number of alkyl halides is 2. The number of nitrogens with one attached hydrogen (secondary N) is 2. The molecule has 0 saturated heterocycles. The molecule has 3 aromatic rings. The summed E-state index contributed by atoms with van der Waals surface area (Å²) in [6.45, 7) is -0.462. The number of methoxy groups -OCH3 is 1. The van der Waals surface area contributed by atoms with Gasteiger partial charge in [0.2, 0.25) is 0 Å². The van der Waals surface area contributed by atoms with E-state index in [2.05, 4.69) is 15.3 Å². The molecular formula is C21H24F3N3O2. The zero-order valence-corrected chi connectivity index (χ0v) is 16.3. The fourth-order valence-corrected chi connectivity index (χ4v) is 3.56. The average molecular weight is 407 g/mol. The molecule has 0 radical (unpaired) electrons. The Labute approximate surface area is 166 Å². The van der Waals surface area contributed by atoms with Gasteiger partial charge in [-0.25, -0.2) is 8.78 Å². The first-order chi connectivity index (χ1) is 13.8. The highest BCUT2D eigenvalue weighted by Gasteiger charge is 2.40. The Morgan fingerprint density at radius 2 is 2.00 bits per heavy atom. The van der Waals surface area contributed by atoms with Gasteiger partial charge in [-0.1, -0.05) is 6.92 Å². The molecule has 1 aromatic carbocycles. The summed E-state index contributed by atoms with van der Waals surface area (Å²) in [6, 6.07) is 7.38. The molecule has 156 valence electrons. The van der Waals surface area contributed by atoms with Crippen LogP contribution in [0.15, 0.2) is 42.7 Å². The van der Waals surface area contributed by atoms with Crippen molar-refractivity contribution in [2.45, 2.75) is 31.0 Å². The number of benzene rings is 1. The molecule has 0 aliphatic heterocycles. The number of pyridine rings is 1. The lowest BCUT2D eigenvalue weighted by Gasteiger charge is -2.37. The van der Waals surface area contributed by atoms with Crippen molar-refractivity contribution in [3.05, 3.63) is 59.8 Å². The molecule has 29 heavy (non-hydrogen) atoms. The molecule has 2 aromatic heterocycles. The lowest BCUT2D eigenvalue weighted by Crippen LogP contribution is -2.51. The Kier molecular flexibility index (Phi) is 6.14. The van der Waals surface area contributed by atoms with Crippen LogP contribution >= 0.6 is 0 Å². The highest BCUT2D eigenvalue weighted by Crippen LogP contribution is 2.38. The van der Waals surface area contributed by atoms with Crippen molar-refractivity contribution in [3.63, 3.8) is 0 Å². The number of ether oxygens (including phenoxy) is 1. The number of nitrogens with zero attached hydrogens (tertiary/aromatic N) is 1. The molecule has 0 fully saturated rings. The van der Waals surface area contributed by atoms with Gasteiger partial charge in [-0.2, -0.15) is 0 Å². The van der Waals surface area contributed by atoms with Crippen LogP contribution in [0.4, 0.5) is 13.2 Å². The third-order valence-corrected chi connectivity index (χ3v) is 5.10. The van der Waals surface area contributed by atoms with Crippen LogP contribution in [0.1, 0.15) is 24.6 Å². The van der Waals surface area contributed by atoms with E-state index in [0.29, 0.717) is 5.69 Å². The molecule has 3 rings (SSSR count). The molecule has 0 bridgehead atoms. The summed E-state index contributed by atoms with van der Waals surface area (Å²) in [5.41, 5.74) is -1.59. The molecule has 2 unspecified atom stereocenters. The molecule has 0 aliphatic carbocycles. The van der Waals surface area contributed by atoms with Crippen molar-refractivity contribution < 1.29 is 23.0 Å². The zero-order chi connectivity index (χ0) is 21.1. The van der Waals surface area contributed by atoms with E-state index in [9.17, 15) is 18.3 Å². The normalized spacial score (nSPS) is 15.8. The van der Waals surface area contributed by atoms with Crippen LogP contribution in [0, 0.1) is 5.82 Å². The number of aromatic amines is 1. The summed E-state index contributed by atoms with van der Waals surface area (Å²) in [6.07, 6.45) is 3.01. The summed E-state index contributed by atoms with van der Waals surface area (Å²) in [5, 5.41) is 14.4. The maximum Gasteiger partial charge on any atom is 0.145 e. The first kappa shape index (κ1) is 21.1. The maximum atomic E-state index is 14.1. The lowest BCUT2D eigenvalue weighted by atomic mass is 9.76. The topological polar surface area (TPSA) is 70.2 Å². The van der Waals surface area contributed by atoms with Crippen LogP contribution in [0.25, 0.3) is 10.9 Å². The monoisotopic (exact) mass is 407 g/mol. The Hall–Kier alpha value is -2.58. The number of fused-ring (bicyclic) bond motifs is 1. The first-order valence-corrected chi connectivity index (χ1v) is 9.17. The SMILES string of the molecule is COc1ccc(F)cc1C(C)(CF)CC(O)(CF)NCc1cc2cnccc2[nH]1. The molecule has 0 saturated carbocycles. The van der Waals surface area contributed by atoms with Gasteiger partial charge in [-0.3, -0.25) is 14.7 Å². The Bertz CT molecular complexity index is 948. The predicted octanol–water partition coefficient (Wildman–Crippen LogP) is 3.78. The van der Waals surface area contributed by atoms with Crippen LogP contribution in [0.5, 0.6) is 5.75 Å². The van der Waals surface area contributed by atoms with Gasteiger partial charge in [0.15, 0.2) is 0 Å². The van der Waals surface area contributed by atoms with Gasteiger partial charge in [0.25, 0.3) is 0 Å². The van der Waals surface area contributed by atoms with E-state index in [4.69, 9.17) is 4.74 Å². The quantitative estimate of drug-likeness (QED) is 0.472. The number of aliphatic hydroxyl groups is 1. The van der Waals surface area contributed by atoms with Crippen LogP contribution in [0.2, 0.25) is 0 Å². The van der Waals surface area contributed by atoms with E-state index < -0.39 is 30.3 Å². The summed E-state index contributed by atoms with van der Waals surface area (Å²) >= 11 is 0. The van der Waals surface area contributed by atoms with E-state index in [-0.39, 0.29) is 24.3 Å². The van der Waals surface area contributed by atoms with Gasteiger partial charge < -0.3 is 14.8 Å². The van der Waals surface area contributed by atoms with Crippen LogP contribution in [-0.2, 0) is 12.0 Å². The molecule has 0 aliphatic rings. The summed E-state index contributed by atoms with van der Waals surface area (Å²) in [5.74, 6) is -0.292. The third-order valence-electron chi connectivity index (χ3n) is 5.10. The van der Waals surface area contributed by atoms with E-state index in [1.807, 2.05) is 6.07 Å². The molecule has 8 heteroatoms. The van der Waals surface area contributed by atoms with Crippen LogP contribution < -0.4 is 10.1 Å². The Morgan fingerprint density at radius 3 is 2.66 bits per heavy atom. The smallest absolute Gasteiger partial charge is 0.145 e. The maximum absolute atomic E-state index is 14.1. The van der Waals surface area contributed by atoms with Crippen molar-refractivity contribution in [2.75, 3.05) is 20.5 Å². The molecular weight excluding hydrogens is 383 g/mol. The molecule has 2 heterocycles. The number of aromatic nitrogens is 2. The summed E-state index contributed by atoms with van der Waals surface area (Å²) < 4.78 is 46.9. The van der Waals surface area contributed by atoms with Crippen LogP contribution in [-0.4, -0.2) is 41.3 Å². The van der Waals surface area contributed by atoms with Gasteiger partial charge in [0.05, 0.1) is 13.8 Å². The number of hydrogen-bond acceptors (Lipinski definition) is 4. The number of rotatable bonds is 9. The van der Waals surface area contributed by atoms with Crippen molar-refractivity contribution in [2.24, 2.45) is 0 Å². The van der Waals surface area contributed by atoms with E-state index in [1.165, 1.54) is 26.2 Å². The number of hydrogen-bond donors (Lipinski definition) is 3. The van der Waals surface area contributed by atoms with Gasteiger partial charge >= 0.3 is 0 Å². The average Bonchev–Trinajstić information content (AvgIpc) is 3.15. The minimum absolute atomic E-state index is 0.123. The molecule has 2 atom stereocenters. The minimum Gasteiger partial charge on any atom is -0.496 e. The predicted molar refractivity (Wildman–Crippen MR) is 105 cm³/mol. The standard InChI is InChI=1S/C21H24F3N3O2/c1-20(12-22,17-8-15(24)3-4-19(17)29-2)11-21(28,13-23)26-10-16-7-14-9-25-6-5-18(14)27-16/h3-9,26-28H,10-13H2,1-2H3. The van der Waals surface area contributed by atoms with Gasteiger partial charge in [-0.05, 0) is 30.3 Å². The fraction of sp³-hybridized carbons (Fsp3) is 0.381. The van der Waals surface area contributed by atoms with E-state index >= 15 is 0 Å². The summed E-state index contributed by atoms with van der Waals surface area (Å²) in [7, 11) is 1.39. The Morgan fingerprint density at radius 1 is 1.21 bits per heavy atom. The molecule has 5 nitrogen and oxygen atoms in total. The largest absolute Gasteiger partial charge is 0.496 e. The van der Waals surface area contributed by atoms with Crippen LogP contribution in [0.3, 0.4) is 0 Å². The van der Waals surface area contributed by atoms with Gasteiger partial charge in [0, 0.05) is 52.9 Å². The fourth-order valence-electron chi connectivity index (χ4n) is 3.56.